The Morgan fingerprint density at radius 2 is 2.11 bits per heavy atom. The van der Waals surface area contributed by atoms with Crippen LogP contribution in [0.15, 0.2) is 42.7 Å². The molecule has 0 spiro atoms. The fraction of sp³-hybridized carbons (Fsp3) is 0.308. The van der Waals surface area contributed by atoms with Crippen molar-refractivity contribution in [3.63, 3.8) is 0 Å². The van der Waals surface area contributed by atoms with E-state index in [1.165, 1.54) is 0 Å². The molecule has 0 fully saturated rings. The maximum Gasteiger partial charge on any atom is 0.0895 e. The van der Waals surface area contributed by atoms with Crippen molar-refractivity contribution in [3.05, 3.63) is 48.3 Å². The molecule has 18 heavy (non-hydrogen) atoms. The summed E-state index contributed by atoms with van der Waals surface area (Å²) in [5.41, 5.74) is 2.10. The summed E-state index contributed by atoms with van der Waals surface area (Å²) in [5, 5.41) is 25.3. The summed E-state index contributed by atoms with van der Waals surface area (Å²) in [6.45, 7) is 0.755. The summed E-state index contributed by atoms with van der Waals surface area (Å²) in [6.07, 6.45) is 2.91. The van der Waals surface area contributed by atoms with E-state index < -0.39 is 6.10 Å². The van der Waals surface area contributed by atoms with Gasteiger partial charge in [-0.3, -0.25) is 0 Å². The molecular weight excluding hydrogens is 230 g/mol. The van der Waals surface area contributed by atoms with E-state index in [0.717, 1.165) is 11.3 Å². The minimum absolute atomic E-state index is 0.228. The van der Waals surface area contributed by atoms with Crippen molar-refractivity contribution in [1.82, 2.24) is 15.1 Å². The lowest BCUT2D eigenvalue weighted by atomic mass is 10.1. The molecule has 1 aromatic heterocycles. The standard InChI is InChI=1S/C13H17N3O2/c17-10-12(18)9-14-8-11-4-1-2-5-13(11)16-7-3-6-15-16/h1-7,12,14,17-18H,8-10H2/t12-/m0/s1. The molecule has 0 aliphatic heterocycles. The van der Waals surface area contributed by atoms with Gasteiger partial charge in [0.05, 0.1) is 18.4 Å². The topological polar surface area (TPSA) is 70.3 Å². The van der Waals surface area contributed by atoms with Crippen molar-refractivity contribution in [3.8, 4) is 5.69 Å². The zero-order valence-corrected chi connectivity index (χ0v) is 10.0. The summed E-state index contributed by atoms with van der Waals surface area (Å²) in [5.74, 6) is 0. The highest BCUT2D eigenvalue weighted by Crippen LogP contribution is 2.12. The molecule has 0 amide bonds. The lowest BCUT2D eigenvalue weighted by molar-refractivity contribution is 0.0942. The largest absolute Gasteiger partial charge is 0.394 e. The molecule has 1 atom stereocenters. The highest BCUT2D eigenvalue weighted by Gasteiger charge is 2.05. The average molecular weight is 247 g/mol. The first-order valence-electron chi connectivity index (χ1n) is 5.89. The molecule has 96 valence electrons. The van der Waals surface area contributed by atoms with Gasteiger partial charge < -0.3 is 15.5 Å². The van der Waals surface area contributed by atoms with Crippen LogP contribution in [-0.4, -0.2) is 39.2 Å². The molecule has 0 bridgehead atoms. The van der Waals surface area contributed by atoms with E-state index in [1.54, 1.807) is 10.9 Å². The van der Waals surface area contributed by atoms with Gasteiger partial charge in [-0.2, -0.15) is 5.10 Å². The van der Waals surface area contributed by atoms with Gasteiger partial charge in [0, 0.05) is 25.5 Å². The van der Waals surface area contributed by atoms with E-state index in [9.17, 15) is 5.11 Å². The van der Waals surface area contributed by atoms with Crippen LogP contribution in [-0.2, 0) is 6.54 Å². The molecule has 1 heterocycles. The van der Waals surface area contributed by atoms with Gasteiger partial charge in [-0.05, 0) is 17.7 Å². The third-order valence-corrected chi connectivity index (χ3v) is 2.65. The van der Waals surface area contributed by atoms with E-state index in [1.807, 2.05) is 36.5 Å². The van der Waals surface area contributed by atoms with Crippen LogP contribution in [0.1, 0.15) is 5.56 Å². The van der Waals surface area contributed by atoms with Crippen molar-refractivity contribution in [2.75, 3.05) is 13.2 Å². The Bertz CT molecular complexity index is 471. The molecule has 5 heteroatoms. The van der Waals surface area contributed by atoms with Crippen molar-refractivity contribution in [2.24, 2.45) is 0 Å². The van der Waals surface area contributed by atoms with Gasteiger partial charge in [0.1, 0.15) is 0 Å². The second kappa shape index (κ2) is 6.30. The molecule has 5 nitrogen and oxygen atoms in total. The van der Waals surface area contributed by atoms with Gasteiger partial charge in [0.25, 0.3) is 0 Å². The van der Waals surface area contributed by atoms with Crippen LogP contribution in [0.3, 0.4) is 0 Å². The van der Waals surface area contributed by atoms with Crippen LogP contribution >= 0.6 is 0 Å². The number of para-hydroxylation sites is 1. The van der Waals surface area contributed by atoms with E-state index in [4.69, 9.17) is 5.11 Å². The fourth-order valence-electron chi connectivity index (χ4n) is 1.73. The number of rotatable bonds is 6. The predicted octanol–water partition coefficient (Wildman–Crippen LogP) is 0.315. The molecule has 0 unspecified atom stereocenters. The third-order valence-electron chi connectivity index (χ3n) is 2.65. The van der Waals surface area contributed by atoms with Gasteiger partial charge in [-0.25, -0.2) is 4.68 Å². The van der Waals surface area contributed by atoms with Crippen LogP contribution in [0.25, 0.3) is 5.69 Å². The van der Waals surface area contributed by atoms with Crippen molar-refractivity contribution in [1.29, 1.82) is 0 Å². The Morgan fingerprint density at radius 3 is 2.83 bits per heavy atom. The van der Waals surface area contributed by atoms with Crippen LogP contribution in [0.5, 0.6) is 0 Å². The second-order valence-corrected chi connectivity index (χ2v) is 4.05. The maximum atomic E-state index is 9.26. The average Bonchev–Trinajstić information content (AvgIpc) is 2.93. The van der Waals surface area contributed by atoms with Gasteiger partial charge in [0.2, 0.25) is 0 Å². The number of aromatic nitrogens is 2. The summed E-state index contributed by atoms with van der Waals surface area (Å²) in [4.78, 5) is 0. The van der Waals surface area contributed by atoms with E-state index >= 15 is 0 Å². The molecule has 2 aromatic rings. The minimum Gasteiger partial charge on any atom is -0.394 e. The smallest absolute Gasteiger partial charge is 0.0895 e. The number of aliphatic hydroxyl groups is 2. The van der Waals surface area contributed by atoms with E-state index in [0.29, 0.717) is 13.1 Å². The Balaban J connectivity index is 2.04. The zero-order valence-electron chi connectivity index (χ0n) is 10.0. The highest BCUT2D eigenvalue weighted by molar-refractivity contribution is 5.40. The third kappa shape index (κ3) is 3.16. The minimum atomic E-state index is -0.720. The first-order chi connectivity index (χ1) is 8.81. The van der Waals surface area contributed by atoms with Crippen molar-refractivity contribution >= 4 is 0 Å². The normalized spacial score (nSPS) is 12.6. The number of aliphatic hydroxyl groups excluding tert-OH is 2. The summed E-state index contributed by atoms with van der Waals surface area (Å²) < 4.78 is 1.81. The van der Waals surface area contributed by atoms with Crippen molar-refractivity contribution in [2.45, 2.75) is 12.6 Å². The fourth-order valence-corrected chi connectivity index (χ4v) is 1.73. The maximum absolute atomic E-state index is 9.26. The number of hydrogen-bond acceptors (Lipinski definition) is 4. The van der Waals surface area contributed by atoms with E-state index in [2.05, 4.69) is 10.4 Å². The molecular formula is C13H17N3O2. The number of nitrogens with zero attached hydrogens (tertiary/aromatic N) is 2. The molecule has 0 aliphatic rings. The van der Waals surface area contributed by atoms with Gasteiger partial charge in [-0.15, -0.1) is 0 Å². The molecule has 0 saturated heterocycles. The van der Waals surface area contributed by atoms with Gasteiger partial charge in [-0.1, -0.05) is 18.2 Å². The lowest BCUT2D eigenvalue weighted by Gasteiger charge is -2.12. The Hall–Kier alpha value is -1.69. The predicted molar refractivity (Wildman–Crippen MR) is 68.4 cm³/mol. The number of hydrogen-bond donors (Lipinski definition) is 3. The first kappa shape index (κ1) is 12.8. The van der Waals surface area contributed by atoms with Crippen LogP contribution in [0.4, 0.5) is 0 Å². The molecule has 2 rings (SSSR count). The quantitative estimate of drug-likeness (QED) is 0.687. The Labute approximate surface area is 106 Å². The molecule has 0 saturated carbocycles. The number of nitrogens with one attached hydrogen (secondary N) is 1. The summed E-state index contributed by atoms with van der Waals surface area (Å²) in [7, 11) is 0. The zero-order chi connectivity index (χ0) is 12.8. The monoisotopic (exact) mass is 247 g/mol. The van der Waals surface area contributed by atoms with Gasteiger partial charge in [0.15, 0.2) is 0 Å². The van der Waals surface area contributed by atoms with Crippen LogP contribution < -0.4 is 5.32 Å². The van der Waals surface area contributed by atoms with Crippen LogP contribution in [0.2, 0.25) is 0 Å². The lowest BCUT2D eigenvalue weighted by Crippen LogP contribution is -2.29. The van der Waals surface area contributed by atoms with E-state index in [-0.39, 0.29) is 6.61 Å². The SMILES string of the molecule is OC[C@@H](O)CNCc1ccccc1-n1cccn1. The summed E-state index contributed by atoms with van der Waals surface area (Å²) in [6, 6.07) is 9.80. The Morgan fingerprint density at radius 1 is 1.28 bits per heavy atom. The van der Waals surface area contributed by atoms with Crippen molar-refractivity contribution < 1.29 is 10.2 Å². The van der Waals surface area contributed by atoms with Gasteiger partial charge >= 0.3 is 0 Å². The highest BCUT2D eigenvalue weighted by atomic mass is 16.3. The molecule has 3 N–H and O–H groups in total. The molecule has 1 aromatic carbocycles. The summed E-state index contributed by atoms with van der Waals surface area (Å²) >= 11 is 0. The second-order valence-electron chi connectivity index (χ2n) is 4.05. The number of benzene rings is 1. The Kier molecular flexibility index (Phi) is 4.46. The van der Waals surface area contributed by atoms with Crippen LogP contribution in [0, 0.1) is 0 Å². The molecule has 0 aliphatic carbocycles. The first-order valence-corrected chi connectivity index (χ1v) is 5.89. The molecule has 0 radical (unpaired) electrons.